The number of rotatable bonds is 5. The smallest absolute Gasteiger partial charge is 0.152 e. The fourth-order valence-electron chi connectivity index (χ4n) is 2.39. The van der Waals surface area contributed by atoms with Crippen LogP contribution in [0.1, 0.15) is 12.5 Å². The van der Waals surface area contributed by atoms with Crippen molar-refractivity contribution in [2.24, 2.45) is 0 Å². The van der Waals surface area contributed by atoms with Crippen molar-refractivity contribution in [2.45, 2.75) is 37.9 Å². The Bertz CT molecular complexity index is 393. The maximum Gasteiger partial charge on any atom is 0.152 e. The van der Waals surface area contributed by atoms with Crippen molar-refractivity contribution in [1.82, 2.24) is 5.32 Å². The fraction of sp³-hybridized carbons (Fsp3) is 0.571. The van der Waals surface area contributed by atoms with E-state index in [0.717, 1.165) is 17.7 Å². The quantitative estimate of drug-likeness (QED) is 0.669. The second-order valence-corrected chi connectivity index (χ2v) is 4.83. The zero-order valence-electron chi connectivity index (χ0n) is 11.2. The predicted octanol–water partition coefficient (Wildman–Crippen LogP) is 0.294. The summed E-state index contributed by atoms with van der Waals surface area (Å²) >= 11 is 0. The summed E-state index contributed by atoms with van der Waals surface area (Å²) in [6.45, 7) is 2.04. The molecule has 1 unspecified atom stereocenters. The van der Waals surface area contributed by atoms with Crippen LogP contribution < -0.4 is 10.1 Å². The van der Waals surface area contributed by atoms with Crippen molar-refractivity contribution < 1.29 is 19.7 Å². The summed E-state index contributed by atoms with van der Waals surface area (Å²) in [5.74, 6) is 0.819. The van der Waals surface area contributed by atoms with Gasteiger partial charge in [0, 0.05) is 12.6 Å². The van der Waals surface area contributed by atoms with Crippen molar-refractivity contribution >= 4 is 0 Å². The van der Waals surface area contributed by atoms with Gasteiger partial charge in [-0.05, 0) is 31.0 Å². The molecule has 1 heterocycles. The number of β-amino-alcohol motifs (C(OH)–C–C–N with tert-alkyl or cyclic N) is 1. The molecule has 5 nitrogen and oxygen atoms in total. The van der Waals surface area contributed by atoms with Crippen molar-refractivity contribution in [3.63, 3.8) is 0 Å². The molecule has 19 heavy (non-hydrogen) atoms. The first-order valence-corrected chi connectivity index (χ1v) is 6.48. The van der Waals surface area contributed by atoms with Gasteiger partial charge in [0.25, 0.3) is 0 Å². The summed E-state index contributed by atoms with van der Waals surface area (Å²) in [6, 6.07) is 7.80. The summed E-state index contributed by atoms with van der Waals surface area (Å²) in [5.41, 5.74) is 1.13. The summed E-state index contributed by atoms with van der Waals surface area (Å²) < 4.78 is 10.5. The molecule has 0 aromatic heterocycles. The fourth-order valence-corrected chi connectivity index (χ4v) is 2.39. The second-order valence-electron chi connectivity index (χ2n) is 4.83. The lowest BCUT2D eigenvalue weighted by Crippen LogP contribution is -2.39. The lowest BCUT2D eigenvalue weighted by atomic mass is 10.0. The molecular weight excluding hydrogens is 246 g/mol. The maximum absolute atomic E-state index is 9.85. The largest absolute Gasteiger partial charge is 0.497 e. The Hall–Kier alpha value is -1.14. The third-order valence-electron chi connectivity index (χ3n) is 3.33. The minimum Gasteiger partial charge on any atom is -0.497 e. The van der Waals surface area contributed by atoms with Crippen LogP contribution in [0.5, 0.6) is 5.75 Å². The van der Waals surface area contributed by atoms with Gasteiger partial charge in [-0.15, -0.1) is 0 Å². The van der Waals surface area contributed by atoms with E-state index in [1.54, 1.807) is 14.0 Å². The molecule has 1 aromatic carbocycles. The number of hydrogen-bond donors (Lipinski definition) is 3. The summed E-state index contributed by atoms with van der Waals surface area (Å²) in [7, 11) is 1.64. The lowest BCUT2D eigenvalue weighted by Gasteiger charge is -2.23. The molecule has 1 aliphatic heterocycles. The molecule has 1 saturated heterocycles. The van der Waals surface area contributed by atoms with Gasteiger partial charge in [-0.3, -0.25) is 0 Å². The lowest BCUT2D eigenvalue weighted by molar-refractivity contribution is -0.149. The van der Waals surface area contributed by atoms with Gasteiger partial charge in [0.2, 0.25) is 0 Å². The zero-order chi connectivity index (χ0) is 13.8. The van der Waals surface area contributed by atoms with E-state index in [4.69, 9.17) is 9.47 Å². The van der Waals surface area contributed by atoms with Crippen LogP contribution in [-0.2, 0) is 11.2 Å². The van der Waals surface area contributed by atoms with Crippen molar-refractivity contribution in [2.75, 3.05) is 13.7 Å². The predicted molar refractivity (Wildman–Crippen MR) is 71.0 cm³/mol. The Morgan fingerprint density at radius 2 is 2.05 bits per heavy atom. The first kappa shape index (κ1) is 14.3. The first-order valence-electron chi connectivity index (χ1n) is 6.48. The van der Waals surface area contributed by atoms with Gasteiger partial charge in [-0.2, -0.15) is 0 Å². The highest BCUT2D eigenvalue weighted by molar-refractivity contribution is 5.28. The Balaban J connectivity index is 2.00. The van der Waals surface area contributed by atoms with E-state index in [1.807, 2.05) is 24.3 Å². The molecule has 4 atom stereocenters. The van der Waals surface area contributed by atoms with Crippen LogP contribution in [-0.4, -0.2) is 48.4 Å². The Morgan fingerprint density at radius 3 is 2.63 bits per heavy atom. The van der Waals surface area contributed by atoms with Gasteiger partial charge < -0.3 is 25.0 Å². The molecule has 0 spiro atoms. The number of ether oxygens (including phenoxy) is 2. The van der Waals surface area contributed by atoms with Gasteiger partial charge in [0.05, 0.1) is 13.2 Å². The minimum atomic E-state index is -0.877. The van der Waals surface area contributed by atoms with Crippen LogP contribution >= 0.6 is 0 Å². The normalized spacial score (nSPS) is 28.3. The molecule has 2 rings (SSSR count). The van der Waals surface area contributed by atoms with Gasteiger partial charge >= 0.3 is 0 Å². The van der Waals surface area contributed by atoms with E-state index >= 15 is 0 Å². The topological polar surface area (TPSA) is 71.0 Å². The molecule has 1 aliphatic rings. The number of hydrogen-bond acceptors (Lipinski definition) is 5. The van der Waals surface area contributed by atoms with Crippen molar-refractivity contribution in [3.8, 4) is 5.75 Å². The molecule has 0 radical (unpaired) electrons. The molecule has 3 N–H and O–H groups in total. The van der Waals surface area contributed by atoms with E-state index in [2.05, 4.69) is 5.32 Å². The van der Waals surface area contributed by atoms with Gasteiger partial charge in [-0.1, -0.05) is 12.1 Å². The van der Waals surface area contributed by atoms with Crippen molar-refractivity contribution in [1.29, 1.82) is 0 Å². The van der Waals surface area contributed by atoms with Gasteiger partial charge in [-0.25, -0.2) is 0 Å². The second kappa shape index (κ2) is 6.34. The van der Waals surface area contributed by atoms with Crippen LogP contribution in [0.15, 0.2) is 24.3 Å². The number of nitrogens with one attached hydrogen (secondary N) is 1. The molecule has 0 amide bonds. The van der Waals surface area contributed by atoms with E-state index in [1.165, 1.54) is 0 Å². The third kappa shape index (κ3) is 3.67. The van der Waals surface area contributed by atoms with E-state index in [9.17, 15) is 10.2 Å². The monoisotopic (exact) mass is 267 g/mol. The third-order valence-corrected chi connectivity index (χ3v) is 3.33. The Kier molecular flexibility index (Phi) is 4.76. The molecule has 106 valence electrons. The van der Waals surface area contributed by atoms with Crippen LogP contribution in [0.2, 0.25) is 0 Å². The average molecular weight is 267 g/mol. The average Bonchev–Trinajstić information content (AvgIpc) is 2.72. The number of benzene rings is 1. The summed E-state index contributed by atoms with van der Waals surface area (Å²) in [5, 5.41) is 22.4. The molecule has 1 fully saturated rings. The summed E-state index contributed by atoms with van der Waals surface area (Å²) in [4.78, 5) is 0. The molecule has 0 bridgehead atoms. The van der Waals surface area contributed by atoms with Crippen LogP contribution in [0.4, 0.5) is 0 Å². The Labute approximate surface area is 113 Å². The SMILES string of the molecule is COc1ccc(C[C@H]2NC[C@H](O)[C@H]2OC(C)O)cc1. The van der Waals surface area contributed by atoms with Crippen LogP contribution in [0.3, 0.4) is 0 Å². The van der Waals surface area contributed by atoms with Crippen molar-refractivity contribution in [3.05, 3.63) is 29.8 Å². The molecule has 0 saturated carbocycles. The minimum absolute atomic E-state index is 0.00186. The van der Waals surface area contributed by atoms with E-state index in [0.29, 0.717) is 6.54 Å². The number of aliphatic hydroxyl groups excluding tert-OH is 2. The highest BCUT2D eigenvalue weighted by atomic mass is 16.6. The zero-order valence-corrected chi connectivity index (χ0v) is 11.2. The standard InChI is InChI=1S/C14H21NO4/c1-9(16)19-14-12(15-8-13(14)17)7-10-3-5-11(18-2)6-4-10/h3-6,9,12-17H,7-8H2,1-2H3/t9?,12-,13+,14+/m1/s1. The maximum atomic E-state index is 9.85. The molecule has 1 aromatic rings. The summed E-state index contributed by atoms with van der Waals surface area (Å²) in [6.07, 6.45) is -1.11. The number of aliphatic hydroxyl groups is 2. The molecule has 5 heteroatoms. The number of methoxy groups -OCH3 is 1. The van der Waals surface area contributed by atoms with Gasteiger partial charge in [0.15, 0.2) is 6.29 Å². The van der Waals surface area contributed by atoms with E-state index < -0.39 is 12.4 Å². The van der Waals surface area contributed by atoms with Crippen LogP contribution in [0, 0.1) is 0 Å². The van der Waals surface area contributed by atoms with Crippen LogP contribution in [0.25, 0.3) is 0 Å². The van der Waals surface area contributed by atoms with E-state index in [-0.39, 0.29) is 12.1 Å². The molecule has 0 aliphatic carbocycles. The van der Waals surface area contributed by atoms with Gasteiger partial charge in [0.1, 0.15) is 11.9 Å². The highest BCUT2D eigenvalue weighted by Gasteiger charge is 2.36. The Morgan fingerprint density at radius 1 is 1.37 bits per heavy atom. The molecular formula is C14H21NO4. The highest BCUT2D eigenvalue weighted by Crippen LogP contribution is 2.19. The first-order chi connectivity index (χ1) is 9.10.